The van der Waals surface area contributed by atoms with Crippen molar-refractivity contribution in [3.63, 3.8) is 0 Å². The van der Waals surface area contributed by atoms with E-state index in [0.29, 0.717) is 25.3 Å². The standard InChI is InChI=1S/C14H17BrN2O3/c1-10-9-19-14(20-10)2-4-17(5-3-14)13(18)11-6-12(15)8-16-7-11/h6-8,10H,2-5,9H2,1H3/t10-/m1/s1. The maximum Gasteiger partial charge on any atom is 0.255 e. The molecule has 0 unspecified atom stereocenters. The summed E-state index contributed by atoms with van der Waals surface area (Å²) in [6.07, 6.45) is 4.87. The Morgan fingerprint density at radius 2 is 2.20 bits per heavy atom. The third-order valence-electron chi connectivity index (χ3n) is 3.76. The summed E-state index contributed by atoms with van der Waals surface area (Å²) in [4.78, 5) is 18.3. The second kappa shape index (κ2) is 5.42. The topological polar surface area (TPSA) is 51.7 Å². The van der Waals surface area contributed by atoms with E-state index in [-0.39, 0.29) is 12.0 Å². The third-order valence-corrected chi connectivity index (χ3v) is 4.20. The van der Waals surface area contributed by atoms with E-state index in [9.17, 15) is 4.79 Å². The number of pyridine rings is 1. The van der Waals surface area contributed by atoms with E-state index in [2.05, 4.69) is 20.9 Å². The van der Waals surface area contributed by atoms with Crippen molar-refractivity contribution >= 4 is 21.8 Å². The number of rotatable bonds is 1. The summed E-state index contributed by atoms with van der Waals surface area (Å²) in [5.74, 6) is -0.453. The van der Waals surface area contributed by atoms with Crippen LogP contribution in [0, 0.1) is 0 Å². The van der Waals surface area contributed by atoms with Crippen molar-refractivity contribution in [2.24, 2.45) is 0 Å². The first-order valence-corrected chi connectivity index (χ1v) is 7.59. The molecule has 3 heterocycles. The number of nitrogens with zero attached hydrogens (tertiary/aromatic N) is 2. The zero-order chi connectivity index (χ0) is 14.2. The molecule has 3 rings (SSSR count). The average molecular weight is 341 g/mol. The fraction of sp³-hybridized carbons (Fsp3) is 0.571. The van der Waals surface area contributed by atoms with Gasteiger partial charge in [0.15, 0.2) is 5.79 Å². The van der Waals surface area contributed by atoms with Crippen LogP contribution in [0.4, 0.5) is 0 Å². The van der Waals surface area contributed by atoms with Crippen molar-refractivity contribution in [3.05, 3.63) is 28.5 Å². The molecular weight excluding hydrogens is 324 g/mol. The van der Waals surface area contributed by atoms with Crippen molar-refractivity contribution < 1.29 is 14.3 Å². The zero-order valence-corrected chi connectivity index (χ0v) is 12.9. The minimum absolute atomic E-state index is 0.0136. The fourth-order valence-corrected chi connectivity index (χ4v) is 3.09. The summed E-state index contributed by atoms with van der Waals surface area (Å²) in [6, 6.07) is 1.80. The van der Waals surface area contributed by atoms with E-state index in [4.69, 9.17) is 9.47 Å². The second-order valence-electron chi connectivity index (χ2n) is 5.33. The van der Waals surface area contributed by atoms with Gasteiger partial charge in [0.05, 0.1) is 18.3 Å². The van der Waals surface area contributed by atoms with Crippen LogP contribution < -0.4 is 0 Å². The van der Waals surface area contributed by atoms with Crippen LogP contribution >= 0.6 is 15.9 Å². The molecule has 1 amide bonds. The molecule has 0 radical (unpaired) electrons. The van der Waals surface area contributed by atoms with Crippen LogP contribution in [-0.2, 0) is 9.47 Å². The lowest BCUT2D eigenvalue weighted by Gasteiger charge is -2.37. The third kappa shape index (κ3) is 2.73. The van der Waals surface area contributed by atoms with Crippen LogP contribution in [0.2, 0.25) is 0 Å². The molecule has 6 heteroatoms. The minimum Gasteiger partial charge on any atom is -0.347 e. The monoisotopic (exact) mass is 340 g/mol. The van der Waals surface area contributed by atoms with Gasteiger partial charge in [0.2, 0.25) is 0 Å². The lowest BCUT2D eigenvalue weighted by Crippen LogP contribution is -2.47. The Morgan fingerprint density at radius 3 is 2.80 bits per heavy atom. The molecule has 0 aromatic carbocycles. The highest BCUT2D eigenvalue weighted by Gasteiger charge is 2.43. The molecule has 1 spiro atoms. The number of piperidine rings is 1. The van der Waals surface area contributed by atoms with Crippen molar-refractivity contribution in [1.29, 1.82) is 0 Å². The Bertz CT molecular complexity index is 515. The number of carbonyl (C=O) groups excluding carboxylic acids is 1. The number of halogens is 1. The first kappa shape index (κ1) is 14.0. The molecule has 1 atom stereocenters. The Hall–Kier alpha value is -0.980. The van der Waals surface area contributed by atoms with Gasteiger partial charge in [-0.2, -0.15) is 0 Å². The average Bonchev–Trinajstić information content (AvgIpc) is 2.80. The van der Waals surface area contributed by atoms with Gasteiger partial charge in [-0.1, -0.05) is 0 Å². The lowest BCUT2D eigenvalue weighted by atomic mass is 10.0. The molecule has 1 aromatic heterocycles. The molecule has 2 fully saturated rings. The molecule has 0 bridgehead atoms. The zero-order valence-electron chi connectivity index (χ0n) is 11.3. The molecule has 20 heavy (non-hydrogen) atoms. The van der Waals surface area contributed by atoms with E-state index >= 15 is 0 Å². The van der Waals surface area contributed by atoms with Gasteiger partial charge in [0.1, 0.15) is 0 Å². The minimum atomic E-state index is -0.467. The molecule has 5 nitrogen and oxygen atoms in total. The number of amides is 1. The van der Waals surface area contributed by atoms with E-state index in [1.807, 2.05) is 11.8 Å². The number of aromatic nitrogens is 1. The summed E-state index contributed by atoms with van der Waals surface area (Å²) in [5.41, 5.74) is 0.608. The summed E-state index contributed by atoms with van der Waals surface area (Å²) >= 11 is 3.34. The van der Waals surface area contributed by atoms with Gasteiger partial charge >= 0.3 is 0 Å². The van der Waals surface area contributed by atoms with Crippen molar-refractivity contribution in [2.45, 2.75) is 31.7 Å². The summed E-state index contributed by atoms with van der Waals surface area (Å²) < 4.78 is 12.4. The Morgan fingerprint density at radius 1 is 1.45 bits per heavy atom. The predicted molar refractivity (Wildman–Crippen MR) is 76.3 cm³/mol. The molecule has 2 aliphatic rings. The van der Waals surface area contributed by atoms with Crippen LogP contribution in [0.15, 0.2) is 22.9 Å². The number of ether oxygens (including phenoxy) is 2. The number of hydrogen-bond acceptors (Lipinski definition) is 4. The Kier molecular flexibility index (Phi) is 3.79. The highest BCUT2D eigenvalue weighted by molar-refractivity contribution is 9.10. The first-order chi connectivity index (χ1) is 9.58. The SMILES string of the molecule is C[C@@H]1COC2(CCN(C(=O)c3cncc(Br)c3)CC2)O1. The summed E-state index contributed by atoms with van der Waals surface area (Å²) in [5, 5.41) is 0. The van der Waals surface area contributed by atoms with Crippen LogP contribution in [-0.4, -0.2) is 47.4 Å². The van der Waals surface area contributed by atoms with Gasteiger partial charge in [-0.3, -0.25) is 9.78 Å². The largest absolute Gasteiger partial charge is 0.347 e. The number of likely N-dealkylation sites (tertiary alicyclic amines) is 1. The maximum atomic E-state index is 12.4. The highest BCUT2D eigenvalue weighted by Crippen LogP contribution is 2.34. The summed E-state index contributed by atoms with van der Waals surface area (Å²) in [7, 11) is 0. The van der Waals surface area contributed by atoms with Gasteiger partial charge in [-0.15, -0.1) is 0 Å². The van der Waals surface area contributed by atoms with Crippen LogP contribution in [0.1, 0.15) is 30.1 Å². The molecule has 1 aromatic rings. The van der Waals surface area contributed by atoms with Gasteiger partial charge in [-0.25, -0.2) is 0 Å². The van der Waals surface area contributed by atoms with E-state index in [1.165, 1.54) is 0 Å². The van der Waals surface area contributed by atoms with Gasteiger partial charge in [0.25, 0.3) is 5.91 Å². The van der Waals surface area contributed by atoms with Crippen LogP contribution in [0.25, 0.3) is 0 Å². The normalized spacial score (nSPS) is 25.1. The van der Waals surface area contributed by atoms with E-state index in [0.717, 1.165) is 17.3 Å². The molecule has 108 valence electrons. The van der Waals surface area contributed by atoms with Crippen LogP contribution in [0.5, 0.6) is 0 Å². The van der Waals surface area contributed by atoms with E-state index in [1.54, 1.807) is 18.5 Å². The fourth-order valence-electron chi connectivity index (χ4n) is 2.73. The summed E-state index contributed by atoms with van der Waals surface area (Å²) in [6.45, 7) is 3.96. The Balaban J connectivity index is 1.65. The van der Waals surface area contributed by atoms with Gasteiger partial charge < -0.3 is 14.4 Å². The molecule has 2 saturated heterocycles. The van der Waals surface area contributed by atoms with Crippen LogP contribution in [0.3, 0.4) is 0 Å². The quantitative estimate of drug-likeness (QED) is 0.786. The highest BCUT2D eigenvalue weighted by atomic mass is 79.9. The maximum absolute atomic E-state index is 12.4. The van der Waals surface area contributed by atoms with Gasteiger partial charge in [-0.05, 0) is 28.9 Å². The molecular formula is C14H17BrN2O3. The first-order valence-electron chi connectivity index (χ1n) is 6.80. The number of carbonyl (C=O) groups is 1. The molecule has 0 N–H and O–H groups in total. The van der Waals surface area contributed by atoms with E-state index < -0.39 is 5.79 Å². The Labute approximate surface area is 126 Å². The van der Waals surface area contributed by atoms with Crippen molar-refractivity contribution in [2.75, 3.05) is 19.7 Å². The second-order valence-corrected chi connectivity index (χ2v) is 6.25. The lowest BCUT2D eigenvalue weighted by molar-refractivity contribution is -0.189. The number of hydrogen-bond donors (Lipinski definition) is 0. The molecule has 0 aliphatic carbocycles. The molecule has 0 saturated carbocycles. The smallest absolute Gasteiger partial charge is 0.255 e. The predicted octanol–water partition coefficient (Wildman–Crippen LogP) is 2.21. The molecule has 2 aliphatic heterocycles. The van der Waals surface area contributed by atoms with Gasteiger partial charge in [0, 0.05) is 42.8 Å². The van der Waals surface area contributed by atoms with Crippen molar-refractivity contribution in [1.82, 2.24) is 9.88 Å². The van der Waals surface area contributed by atoms with Crippen molar-refractivity contribution in [3.8, 4) is 0 Å².